The smallest absolute Gasteiger partial charge is 0.0584 e. The highest BCUT2D eigenvalue weighted by atomic mass is 14.8. The SMILES string of the molecule is CC(=NCCN=C(C)C(C)C)C(C)C. The molecule has 2 heteroatoms. The van der Waals surface area contributed by atoms with Crippen LogP contribution >= 0.6 is 0 Å². The van der Waals surface area contributed by atoms with Crippen LogP contribution in [-0.4, -0.2) is 24.5 Å². The number of nitrogens with zero attached hydrogens (tertiary/aromatic N) is 2. The standard InChI is InChI=1S/C12H24N2/c1-9(2)11(5)13-7-8-14-12(6)10(3)4/h9-10H,7-8H2,1-6H3. The van der Waals surface area contributed by atoms with Crippen LogP contribution in [0.5, 0.6) is 0 Å². The van der Waals surface area contributed by atoms with E-state index in [1.54, 1.807) is 0 Å². The van der Waals surface area contributed by atoms with E-state index < -0.39 is 0 Å². The van der Waals surface area contributed by atoms with E-state index in [1.165, 1.54) is 11.4 Å². The van der Waals surface area contributed by atoms with E-state index in [-0.39, 0.29) is 0 Å². The molecular formula is C12H24N2. The lowest BCUT2D eigenvalue weighted by atomic mass is 10.1. The van der Waals surface area contributed by atoms with Crippen LogP contribution in [0.2, 0.25) is 0 Å². The molecule has 0 saturated heterocycles. The van der Waals surface area contributed by atoms with Gasteiger partial charge in [0.1, 0.15) is 0 Å². The molecule has 0 aromatic heterocycles. The van der Waals surface area contributed by atoms with Crippen LogP contribution in [0.4, 0.5) is 0 Å². The van der Waals surface area contributed by atoms with Gasteiger partial charge in [0.25, 0.3) is 0 Å². The number of hydrogen-bond donors (Lipinski definition) is 0. The Bertz CT molecular complexity index is 188. The predicted molar refractivity (Wildman–Crippen MR) is 65.6 cm³/mol. The van der Waals surface area contributed by atoms with Gasteiger partial charge < -0.3 is 0 Å². The van der Waals surface area contributed by atoms with Crippen molar-refractivity contribution in [2.24, 2.45) is 21.8 Å². The molecule has 0 radical (unpaired) electrons. The van der Waals surface area contributed by atoms with Gasteiger partial charge in [-0.05, 0) is 25.7 Å². The topological polar surface area (TPSA) is 24.7 Å². The number of hydrogen-bond acceptors (Lipinski definition) is 2. The first-order valence-corrected chi connectivity index (χ1v) is 5.47. The maximum atomic E-state index is 4.46. The summed E-state index contributed by atoms with van der Waals surface area (Å²) >= 11 is 0. The van der Waals surface area contributed by atoms with Crippen molar-refractivity contribution in [3.63, 3.8) is 0 Å². The zero-order valence-electron chi connectivity index (χ0n) is 10.5. The summed E-state index contributed by atoms with van der Waals surface area (Å²) in [5, 5.41) is 0. The molecule has 0 fully saturated rings. The lowest BCUT2D eigenvalue weighted by molar-refractivity contribution is 0.840. The highest BCUT2D eigenvalue weighted by molar-refractivity contribution is 5.84. The second-order valence-corrected chi connectivity index (χ2v) is 4.36. The highest BCUT2D eigenvalue weighted by Crippen LogP contribution is 1.97. The summed E-state index contributed by atoms with van der Waals surface area (Å²) in [6, 6.07) is 0. The minimum absolute atomic E-state index is 0.560. The third-order valence-corrected chi connectivity index (χ3v) is 2.49. The minimum atomic E-state index is 0.560. The maximum absolute atomic E-state index is 4.46. The summed E-state index contributed by atoms with van der Waals surface area (Å²) in [5.74, 6) is 1.12. The van der Waals surface area contributed by atoms with Gasteiger partial charge in [0.2, 0.25) is 0 Å². The van der Waals surface area contributed by atoms with E-state index >= 15 is 0 Å². The monoisotopic (exact) mass is 196 g/mol. The molecule has 2 nitrogen and oxygen atoms in total. The normalized spacial score (nSPS) is 14.3. The Morgan fingerprint density at radius 2 is 1.07 bits per heavy atom. The first-order valence-electron chi connectivity index (χ1n) is 5.47. The van der Waals surface area contributed by atoms with Crippen molar-refractivity contribution in [1.82, 2.24) is 0 Å². The minimum Gasteiger partial charge on any atom is -0.292 e. The van der Waals surface area contributed by atoms with Crippen molar-refractivity contribution in [2.45, 2.75) is 41.5 Å². The molecule has 0 bridgehead atoms. The lowest BCUT2D eigenvalue weighted by Gasteiger charge is -2.04. The van der Waals surface area contributed by atoms with E-state index in [1.807, 2.05) is 0 Å². The second kappa shape index (κ2) is 6.74. The van der Waals surface area contributed by atoms with Crippen molar-refractivity contribution < 1.29 is 0 Å². The third-order valence-electron chi connectivity index (χ3n) is 2.49. The fraction of sp³-hybridized carbons (Fsp3) is 0.833. The van der Waals surface area contributed by atoms with Gasteiger partial charge in [-0.3, -0.25) is 9.98 Å². The average Bonchev–Trinajstić information content (AvgIpc) is 2.11. The predicted octanol–water partition coefficient (Wildman–Crippen LogP) is 3.22. The lowest BCUT2D eigenvalue weighted by Crippen LogP contribution is -2.06. The fourth-order valence-corrected chi connectivity index (χ4v) is 0.818. The molecule has 0 atom stereocenters. The van der Waals surface area contributed by atoms with Gasteiger partial charge in [-0.25, -0.2) is 0 Å². The summed E-state index contributed by atoms with van der Waals surface area (Å²) in [4.78, 5) is 8.93. The summed E-state index contributed by atoms with van der Waals surface area (Å²) in [7, 11) is 0. The molecule has 0 aliphatic heterocycles. The molecule has 0 aromatic carbocycles. The van der Waals surface area contributed by atoms with Gasteiger partial charge in [-0.1, -0.05) is 27.7 Å². The number of rotatable bonds is 5. The van der Waals surface area contributed by atoms with Crippen LogP contribution in [0, 0.1) is 11.8 Å². The summed E-state index contributed by atoms with van der Waals surface area (Å²) < 4.78 is 0. The Kier molecular flexibility index (Phi) is 6.43. The Hall–Kier alpha value is -0.660. The van der Waals surface area contributed by atoms with Crippen molar-refractivity contribution in [2.75, 3.05) is 13.1 Å². The maximum Gasteiger partial charge on any atom is 0.0584 e. The van der Waals surface area contributed by atoms with Crippen LogP contribution in [-0.2, 0) is 0 Å². The molecule has 0 N–H and O–H groups in total. The summed E-state index contributed by atoms with van der Waals surface area (Å²) in [5.41, 5.74) is 2.45. The Labute approximate surface area is 88.5 Å². The van der Waals surface area contributed by atoms with Gasteiger partial charge in [-0.2, -0.15) is 0 Å². The third kappa shape index (κ3) is 5.90. The number of aliphatic imine (C=N–C) groups is 2. The van der Waals surface area contributed by atoms with Gasteiger partial charge in [-0.15, -0.1) is 0 Å². The Morgan fingerprint density at radius 3 is 1.29 bits per heavy atom. The Morgan fingerprint density at radius 1 is 0.786 bits per heavy atom. The van der Waals surface area contributed by atoms with Gasteiger partial charge in [0.05, 0.1) is 13.1 Å². The van der Waals surface area contributed by atoms with Crippen LogP contribution in [0.15, 0.2) is 9.98 Å². The molecule has 0 rings (SSSR count). The summed E-state index contributed by atoms with van der Waals surface area (Å²) in [6.07, 6.45) is 0. The first kappa shape index (κ1) is 13.3. The summed E-state index contributed by atoms with van der Waals surface area (Å²) in [6.45, 7) is 14.5. The Balaban J connectivity index is 3.86. The molecule has 0 aliphatic carbocycles. The molecule has 0 saturated carbocycles. The molecule has 82 valence electrons. The van der Waals surface area contributed by atoms with Gasteiger partial charge in [0.15, 0.2) is 0 Å². The zero-order chi connectivity index (χ0) is 11.1. The molecule has 0 unspecified atom stereocenters. The molecule has 0 aromatic rings. The van der Waals surface area contributed by atoms with Crippen molar-refractivity contribution >= 4 is 11.4 Å². The van der Waals surface area contributed by atoms with E-state index in [0.29, 0.717) is 11.8 Å². The quantitative estimate of drug-likeness (QED) is 0.476. The van der Waals surface area contributed by atoms with Crippen molar-refractivity contribution in [1.29, 1.82) is 0 Å². The van der Waals surface area contributed by atoms with Crippen LogP contribution in [0.3, 0.4) is 0 Å². The second-order valence-electron chi connectivity index (χ2n) is 4.36. The van der Waals surface area contributed by atoms with Crippen molar-refractivity contribution in [3.05, 3.63) is 0 Å². The van der Waals surface area contributed by atoms with E-state index in [0.717, 1.165) is 13.1 Å². The molecule has 0 spiro atoms. The average molecular weight is 196 g/mol. The largest absolute Gasteiger partial charge is 0.292 e. The molecule has 0 amide bonds. The molecule has 0 aliphatic rings. The highest BCUT2D eigenvalue weighted by Gasteiger charge is 1.97. The van der Waals surface area contributed by atoms with Crippen molar-refractivity contribution in [3.8, 4) is 0 Å². The van der Waals surface area contributed by atoms with E-state index in [2.05, 4.69) is 51.5 Å². The van der Waals surface area contributed by atoms with E-state index in [4.69, 9.17) is 0 Å². The first-order chi connectivity index (χ1) is 6.45. The van der Waals surface area contributed by atoms with Crippen LogP contribution in [0.25, 0.3) is 0 Å². The van der Waals surface area contributed by atoms with Gasteiger partial charge in [0, 0.05) is 11.4 Å². The van der Waals surface area contributed by atoms with E-state index in [9.17, 15) is 0 Å². The fourth-order valence-electron chi connectivity index (χ4n) is 0.818. The van der Waals surface area contributed by atoms with Crippen LogP contribution in [0.1, 0.15) is 41.5 Å². The molecular weight excluding hydrogens is 172 g/mol. The molecule has 0 heterocycles. The zero-order valence-corrected chi connectivity index (χ0v) is 10.5. The van der Waals surface area contributed by atoms with Crippen LogP contribution < -0.4 is 0 Å². The van der Waals surface area contributed by atoms with Gasteiger partial charge >= 0.3 is 0 Å². The molecule has 14 heavy (non-hydrogen) atoms.